The Hall–Kier alpha value is -2.11. The molecule has 1 aliphatic carbocycles. The number of hydrogen-bond donors (Lipinski definition) is 0. The first kappa shape index (κ1) is 25.5. The summed E-state index contributed by atoms with van der Waals surface area (Å²) < 4.78 is 17.8. The molecule has 2 aromatic rings. The first-order valence-corrected chi connectivity index (χ1v) is 14.4. The topological polar surface area (TPSA) is 78.9 Å². The Morgan fingerprint density at radius 1 is 0.909 bits per heavy atom. The summed E-state index contributed by atoms with van der Waals surface area (Å²) in [4.78, 5) is 39.3. The molecule has 8 heteroatoms. The third-order valence-electron chi connectivity index (χ3n) is 5.80. The summed E-state index contributed by atoms with van der Waals surface area (Å²) in [6.45, 7) is 1.95. The standard InChI is InChI=1S/C25H28O6Se2/c1-4-31-23(28)25(16-17(21(26)29-2)15-20(25)22(27)30-3)24(32-18-11-7-5-8-12-18)33-19-13-9-6-10-14-19/h5-14,17,20,24H,4,15-16H2,1-3H3/t17-,20+,25+/m1/s1. The van der Waals surface area contributed by atoms with Crippen molar-refractivity contribution in [1.82, 2.24) is 0 Å². The number of hydrogen-bond acceptors (Lipinski definition) is 6. The van der Waals surface area contributed by atoms with Gasteiger partial charge in [0.2, 0.25) is 0 Å². The van der Waals surface area contributed by atoms with E-state index in [1.54, 1.807) is 6.92 Å². The van der Waals surface area contributed by atoms with Crippen LogP contribution in [-0.4, -0.2) is 68.6 Å². The van der Waals surface area contributed by atoms with Gasteiger partial charge in [-0.1, -0.05) is 0 Å². The molecule has 0 saturated heterocycles. The summed E-state index contributed by atoms with van der Waals surface area (Å²) >= 11 is -0.303. The Labute approximate surface area is 207 Å². The van der Waals surface area contributed by atoms with E-state index in [0.717, 1.165) is 8.92 Å². The minimum absolute atomic E-state index is 0.152. The van der Waals surface area contributed by atoms with Gasteiger partial charge in [-0.15, -0.1) is 0 Å². The van der Waals surface area contributed by atoms with Crippen molar-refractivity contribution in [2.75, 3.05) is 20.8 Å². The minimum atomic E-state index is -1.16. The molecule has 0 N–H and O–H groups in total. The molecule has 0 radical (unpaired) electrons. The quantitative estimate of drug-likeness (QED) is 0.255. The number of carbonyl (C=O) groups excluding carboxylic acids is 3. The van der Waals surface area contributed by atoms with Crippen molar-refractivity contribution in [3.05, 3.63) is 60.7 Å². The van der Waals surface area contributed by atoms with Gasteiger partial charge in [0.05, 0.1) is 0 Å². The molecule has 3 rings (SSSR count). The SMILES string of the molecule is CCOC(=O)[C@]1(C([Se]c2ccccc2)[Se]c2ccccc2)C[C@H](C(=O)OC)C[C@H]1C(=O)OC. The van der Waals surface area contributed by atoms with Crippen LogP contribution in [0.4, 0.5) is 0 Å². The van der Waals surface area contributed by atoms with Crippen molar-refractivity contribution in [3.8, 4) is 0 Å². The molecular formula is C25H28O6Se2. The van der Waals surface area contributed by atoms with Crippen molar-refractivity contribution in [2.45, 2.75) is 23.5 Å². The zero-order chi connectivity index (χ0) is 23.8. The van der Waals surface area contributed by atoms with E-state index in [1.165, 1.54) is 14.2 Å². The van der Waals surface area contributed by atoms with Crippen LogP contribution in [0.5, 0.6) is 0 Å². The van der Waals surface area contributed by atoms with Gasteiger partial charge in [0, 0.05) is 0 Å². The monoisotopic (exact) mass is 584 g/mol. The van der Waals surface area contributed by atoms with Crippen molar-refractivity contribution >= 4 is 56.7 Å². The molecule has 0 unspecified atom stereocenters. The first-order valence-electron chi connectivity index (χ1n) is 10.7. The average Bonchev–Trinajstić information content (AvgIpc) is 3.26. The van der Waals surface area contributed by atoms with Crippen LogP contribution in [0.25, 0.3) is 0 Å². The van der Waals surface area contributed by atoms with E-state index >= 15 is 0 Å². The number of carbonyl (C=O) groups is 3. The van der Waals surface area contributed by atoms with Crippen LogP contribution in [-0.2, 0) is 28.6 Å². The molecule has 0 aromatic heterocycles. The van der Waals surface area contributed by atoms with Gasteiger partial charge >= 0.3 is 208 Å². The summed E-state index contributed by atoms with van der Waals surface area (Å²) in [5.41, 5.74) is -1.16. The van der Waals surface area contributed by atoms with Crippen molar-refractivity contribution in [3.63, 3.8) is 0 Å². The van der Waals surface area contributed by atoms with Crippen LogP contribution in [0, 0.1) is 17.3 Å². The van der Waals surface area contributed by atoms with Gasteiger partial charge in [-0.3, -0.25) is 0 Å². The first-order chi connectivity index (χ1) is 16.0. The van der Waals surface area contributed by atoms with Crippen molar-refractivity contribution in [1.29, 1.82) is 0 Å². The third-order valence-corrected chi connectivity index (χ3v) is 12.8. The second-order valence-corrected chi connectivity index (χ2v) is 14.1. The van der Waals surface area contributed by atoms with E-state index in [-0.39, 0.29) is 53.1 Å². The summed E-state index contributed by atoms with van der Waals surface area (Å²) in [5.74, 6) is -2.65. The van der Waals surface area contributed by atoms with Crippen LogP contribution < -0.4 is 8.92 Å². The molecule has 1 saturated carbocycles. The Morgan fingerprint density at radius 2 is 1.42 bits per heavy atom. The van der Waals surface area contributed by atoms with Gasteiger partial charge in [0.1, 0.15) is 0 Å². The molecule has 0 aliphatic heterocycles. The second-order valence-electron chi connectivity index (χ2n) is 7.69. The van der Waals surface area contributed by atoms with Gasteiger partial charge in [-0.2, -0.15) is 0 Å². The molecule has 0 heterocycles. The zero-order valence-electron chi connectivity index (χ0n) is 18.9. The fraction of sp³-hybridized carbons (Fsp3) is 0.400. The molecule has 1 aliphatic rings. The zero-order valence-corrected chi connectivity index (χ0v) is 22.3. The summed E-state index contributed by atoms with van der Waals surface area (Å²) in [6.07, 6.45) is 0.427. The van der Waals surface area contributed by atoms with Crippen molar-refractivity contribution in [2.24, 2.45) is 17.3 Å². The maximum absolute atomic E-state index is 13.7. The van der Waals surface area contributed by atoms with Crippen LogP contribution >= 0.6 is 0 Å². The molecule has 33 heavy (non-hydrogen) atoms. The van der Waals surface area contributed by atoms with Crippen LogP contribution in [0.2, 0.25) is 3.71 Å². The molecule has 6 nitrogen and oxygen atoms in total. The molecule has 0 spiro atoms. The van der Waals surface area contributed by atoms with E-state index in [1.807, 2.05) is 60.7 Å². The fourth-order valence-corrected chi connectivity index (χ4v) is 12.0. The van der Waals surface area contributed by atoms with E-state index in [4.69, 9.17) is 14.2 Å². The second kappa shape index (κ2) is 11.8. The van der Waals surface area contributed by atoms with Gasteiger partial charge in [-0.05, 0) is 0 Å². The van der Waals surface area contributed by atoms with Gasteiger partial charge in [0.15, 0.2) is 0 Å². The molecule has 0 bridgehead atoms. The van der Waals surface area contributed by atoms with Crippen LogP contribution in [0.1, 0.15) is 19.8 Å². The summed E-state index contributed by atoms with van der Waals surface area (Å²) in [6, 6.07) is 20.0. The Morgan fingerprint density at radius 3 is 1.88 bits per heavy atom. The van der Waals surface area contributed by atoms with Crippen molar-refractivity contribution < 1.29 is 28.6 Å². The van der Waals surface area contributed by atoms with E-state index < -0.39 is 35.2 Å². The van der Waals surface area contributed by atoms with E-state index in [0.29, 0.717) is 0 Å². The molecule has 2 aromatic carbocycles. The average molecular weight is 582 g/mol. The predicted molar refractivity (Wildman–Crippen MR) is 127 cm³/mol. The van der Waals surface area contributed by atoms with Crippen LogP contribution in [0.15, 0.2) is 60.7 Å². The van der Waals surface area contributed by atoms with Gasteiger partial charge in [0.25, 0.3) is 0 Å². The van der Waals surface area contributed by atoms with E-state index in [9.17, 15) is 14.4 Å². The summed E-state index contributed by atoms with van der Waals surface area (Å²) in [7, 11) is 2.66. The van der Waals surface area contributed by atoms with E-state index in [2.05, 4.69) is 0 Å². The molecule has 3 atom stereocenters. The van der Waals surface area contributed by atoms with Gasteiger partial charge < -0.3 is 0 Å². The van der Waals surface area contributed by atoms with Gasteiger partial charge in [-0.25, -0.2) is 0 Å². The number of methoxy groups -OCH3 is 2. The molecule has 176 valence electrons. The summed E-state index contributed by atoms with van der Waals surface area (Å²) in [5, 5.41) is 0. The van der Waals surface area contributed by atoms with Crippen LogP contribution in [0.3, 0.4) is 0 Å². The Bertz CT molecular complexity index is 910. The number of esters is 3. The molecular weight excluding hydrogens is 554 g/mol. The Balaban J connectivity index is 2.14. The third kappa shape index (κ3) is 5.70. The predicted octanol–water partition coefficient (Wildman–Crippen LogP) is 1.71. The Kier molecular flexibility index (Phi) is 9.16. The number of rotatable bonds is 9. The number of benzene rings is 2. The molecule has 0 amide bonds. The normalized spacial score (nSPS) is 22.1. The fourth-order valence-electron chi connectivity index (χ4n) is 4.25. The molecule has 1 fully saturated rings. The number of ether oxygens (including phenoxy) is 3. The maximum atomic E-state index is 13.7.